The molecule has 0 unspecified atom stereocenters. The molecule has 4 heteroatoms. The smallest absolute Gasteiger partial charge is 0.317 e. The minimum Gasteiger partial charge on any atom is -0.317 e. The standard InChI is InChI=1S/C31H23ClN2O/c1-22-12-16-27(17-13-22)33-31(35)30-21-25(23-8-4-2-5-9-23)20-29(24-10-6-3-7-11-24)34(30)28-18-14-26(32)15-19-28/h2-21H,1H3/p+1. The first-order chi connectivity index (χ1) is 17.1. The van der Waals surface area contributed by atoms with Crippen molar-refractivity contribution in [2.24, 2.45) is 0 Å². The lowest BCUT2D eigenvalue weighted by Crippen LogP contribution is -2.42. The van der Waals surface area contributed by atoms with E-state index in [0.29, 0.717) is 10.7 Å². The number of rotatable bonds is 5. The molecule has 0 saturated heterocycles. The fourth-order valence-electron chi connectivity index (χ4n) is 4.08. The van der Waals surface area contributed by atoms with Gasteiger partial charge in [0.2, 0.25) is 11.4 Å². The van der Waals surface area contributed by atoms with Gasteiger partial charge in [-0.3, -0.25) is 4.79 Å². The van der Waals surface area contributed by atoms with Gasteiger partial charge in [-0.05, 0) is 54.4 Å². The van der Waals surface area contributed by atoms with Gasteiger partial charge in [-0.2, -0.15) is 0 Å². The summed E-state index contributed by atoms with van der Waals surface area (Å²) in [6.45, 7) is 2.02. The van der Waals surface area contributed by atoms with Crippen LogP contribution in [0.1, 0.15) is 16.1 Å². The number of nitrogens with one attached hydrogen (secondary N) is 1. The Bertz CT molecular complexity index is 1460. The SMILES string of the molecule is Cc1ccc(NC(=O)c2cc(-c3ccccc3)cc(-c3ccccc3)[n+]2-c2ccc(Cl)cc2)cc1. The summed E-state index contributed by atoms with van der Waals surface area (Å²) in [5.41, 5.74) is 7.16. The zero-order valence-electron chi connectivity index (χ0n) is 19.3. The van der Waals surface area contributed by atoms with Gasteiger partial charge in [-0.15, -0.1) is 4.57 Å². The van der Waals surface area contributed by atoms with Crippen molar-refractivity contribution in [3.8, 4) is 28.1 Å². The molecule has 0 aliphatic rings. The van der Waals surface area contributed by atoms with Gasteiger partial charge >= 0.3 is 5.91 Å². The maximum Gasteiger partial charge on any atom is 0.321 e. The number of aryl methyl sites for hydroxylation is 1. The summed E-state index contributed by atoms with van der Waals surface area (Å²) in [6, 6.07) is 39.6. The molecule has 0 saturated carbocycles. The number of pyridine rings is 1. The highest BCUT2D eigenvalue weighted by molar-refractivity contribution is 6.30. The molecule has 0 atom stereocenters. The van der Waals surface area contributed by atoms with E-state index in [4.69, 9.17) is 11.6 Å². The minimum atomic E-state index is -0.196. The number of amides is 1. The minimum absolute atomic E-state index is 0.196. The molecule has 170 valence electrons. The second kappa shape index (κ2) is 9.96. The fraction of sp³-hybridized carbons (Fsp3) is 0.0323. The number of benzene rings is 4. The van der Waals surface area contributed by atoms with Gasteiger partial charge in [-0.1, -0.05) is 77.8 Å². The van der Waals surface area contributed by atoms with Gasteiger partial charge in [0.05, 0.1) is 0 Å². The number of nitrogens with zero attached hydrogens (tertiary/aromatic N) is 1. The number of carbonyl (C=O) groups excluding carboxylic acids is 1. The molecule has 0 radical (unpaired) electrons. The molecule has 1 heterocycles. The Labute approximate surface area is 210 Å². The molecule has 1 N–H and O–H groups in total. The van der Waals surface area contributed by atoms with Crippen LogP contribution in [-0.2, 0) is 0 Å². The van der Waals surface area contributed by atoms with Crippen molar-refractivity contribution < 1.29 is 9.36 Å². The Hall–Kier alpha value is -4.21. The summed E-state index contributed by atoms with van der Waals surface area (Å²) in [5, 5.41) is 3.72. The van der Waals surface area contributed by atoms with E-state index in [1.165, 1.54) is 0 Å². The third-order valence-corrected chi connectivity index (χ3v) is 6.12. The van der Waals surface area contributed by atoms with Gasteiger partial charge in [-0.25, -0.2) is 0 Å². The fourth-order valence-corrected chi connectivity index (χ4v) is 4.21. The van der Waals surface area contributed by atoms with Crippen LogP contribution in [0.15, 0.2) is 121 Å². The zero-order valence-corrected chi connectivity index (χ0v) is 20.0. The third-order valence-electron chi connectivity index (χ3n) is 5.87. The molecule has 0 bridgehead atoms. The Morgan fingerprint density at radius 1 is 0.686 bits per heavy atom. The molecule has 35 heavy (non-hydrogen) atoms. The predicted octanol–water partition coefficient (Wildman–Crippen LogP) is 7.51. The maximum atomic E-state index is 13.8. The summed E-state index contributed by atoms with van der Waals surface area (Å²) in [5.74, 6) is -0.196. The summed E-state index contributed by atoms with van der Waals surface area (Å²) >= 11 is 6.20. The van der Waals surface area contributed by atoms with Crippen LogP contribution in [0.25, 0.3) is 28.1 Å². The van der Waals surface area contributed by atoms with Crippen LogP contribution >= 0.6 is 11.6 Å². The molecule has 0 aliphatic carbocycles. The van der Waals surface area contributed by atoms with Crippen molar-refractivity contribution >= 4 is 23.2 Å². The molecule has 4 aromatic carbocycles. The molecule has 1 amide bonds. The molecule has 1 aromatic heterocycles. The number of aromatic nitrogens is 1. The topological polar surface area (TPSA) is 33.0 Å². The van der Waals surface area contributed by atoms with Crippen LogP contribution in [-0.4, -0.2) is 5.91 Å². The Kier molecular flexibility index (Phi) is 6.42. The highest BCUT2D eigenvalue weighted by atomic mass is 35.5. The van der Waals surface area contributed by atoms with Crippen molar-refractivity contribution in [2.75, 3.05) is 5.32 Å². The van der Waals surface area contributed by atoms with Crippen LogP contribution in [0.5, 0.6) is 0 Å². The van der Waals surface area contributed by atoms with Gasteiger partial charge < -0.3 is 5.32 Å². The first-order valence-corrected chi connectivity index (χ1v) is 11.8. The van der Waals surface area contributed by atoms with Crippen LogP contribution in [0.4, 0.5) is 5.69 Å². The van der Waals surface area contributed by atoms with Crippen LogP contribution < -0.4 is 9.88 Å². The van der Waals surface area contributed by atoms with Crippen molar-refractivity contribution in [2.45, 2.75) is 6.92 Å². The van der Waals surface area contributed by atoms with Crippen LogP contribution in [0.2, 0.25) is 5.02 Å². The van der Waals surface area contributed by atoms with E-state index in [-0.39, 0.29) is 5.91 Å². The van der Waals surface area contributed by atoms with E-state index >= 15 is 0 Å². The maximum absolute atomic E-state index is 13.8. The van der Waals surface area contributed by atoms with E-state index in [1.54, 1.807) is 0 Å². The molecule has 5 rings (SSSR count). The lowest BCUT2D eigenvalue weighted by atomic mass is 10.0. The molecule has 0 fully saturated rings. The largest absolute Gasteiger partial charge is 0.321 e. The Morgan fingerprint density at radius 2 is 1.29 bits per heavy atom. The van der Waals surface area contributed by atoms with E-state index in [1.807, 2.05) is 102 Å². The summed E-state index contributed by atoms with van der Waals surface area (Å²) in [7, 11) is 0. The first kappa shape index (κ1) is 22.6. The van der Waals surface area contributed by atoms with E-state index in [0.717, 1.165) is 39.3 Å². The lowest BCUT2D eigenvalue weighted by molar-refractivity contribution is -0.586. The monoisotopic (exact) mass is 475 g/mol. The van der Waals surface area contributed by atoms with Crippen LogP contribution in [0.3, 0.4) is 0 Å². The van der Waals surface area contributed by atoms with E-state index in [9.17, 15) is 4.79 Å². The number of anilines is 1. The molecular formula is C31H24ClN2O+. The van der Waals surface area contributed by atoms with Gasteiger partial charge in [0.1, 0.15) is 0 Å². The average Bonchev–Trinajstić information content (AvgIpc) is 2.91. The number of halogens is 1. The van der Waals surface area contributed by atoms with Gasteiger partial charge in [0.25, 0.3) is 5.69 Å². The third kappa shape index (κ3) is 5.01. The summed E-state index contributed by atoms with van der Waals surface area (Å²) in [4.78, 5) is 13.8. The first-order valence-electron chi connectivity index (χ1n) is 11.4. The Morgan fingerprint density at radius 3 is 1.91 bits per heavy atom. The normalized spacial score (nSPS) is 10.7. The van der Waals surface area contributed by atoms with Gasteiger partial charge in [0.15, 0.2) is 0 Å². The molecule has 3 nitrogen and oxygen atoms in total. The van der Waals surface area contributed by atoms with Crippen molar-refractivity contribution in [1.82, 2.24) is 0 Å². The van der Waals surface area contributed by atoms with Crippen molar-refractivity contribution in [3.63, 3.8) is 0 Å². The predicted molar refractivity (Wildman–Crippen MR) is 143 cm³/mol. The molecule has 0 aliphatic heterocycles. The Balaban J connectivity index is 1.75. The molecule has 5 aromatic rings. The van der Waals surface area contributed by atoms with Crippen molar-refractivity contribution in [3.05, 3.63) is 138 Å². The molecule has 0 spiro atoms. The number of hydrogen-bond acceptors (Lipinski definition) is 1. The highest BCUT2D eigenvalue weighted by Gasteiger charge is 2.28. The highest BCUT2D eigenvalue weighted by Crippen LogP contribution is 2.27. The zero-order chi connectivity index (χ0) is 24.2. The van der Waals surface area contributed by atoms with Crippen molar-refractivity contribution in [1.29, 1.82) is 0 Å². The lowest BCUT2D eigenvalue weighted by Gasteiger charge is -2.12. The van der Waals surface area contributed by atoms with E-state index < -0.39 is 0 Å². The average molecular weight is 476 g/mol. The second-order valence-corrected chi connectivity index (χ2v) is 8.81. The van der Waals surface area contributed by atoms with E-state index in [2.05, 4.69) is 35.6 Å². The number of hydrogen-bond donors (Lipinski definition) is 1. The molecular weight excluding hydrogens is 452 g/mol. The van der Waals surface area contributed by atoms with Gasteiger partial charge in [0, 0.05) is 40.5 Å². The number of carbonyl (C=O) groups is 1. The van der Waals surface area contributed by atoms with Crippen LogP contribution in [0, 0.1) is 6.92 Å². The second-order valence-electron chi connectivity index (χ2n) is 8.38. The summed E-state index contributed by atoms with van der Waals surface area (Å²) < 4.78 is 1.99. The quantitative estimate of drug-likeness (QED) is 0.262. The summed E-state index contributed by atoms with van der Waals surface area (Å²) in [6.07, 6.45) is 0.